The van der Waals surface area contributed by atoms with Gasteiger partial charge in [0.1, 0.15) is 12.4 Å². The summed E-state index contributed by atoms with van der Waals surface area (Å²) in [4.78, 5) is 9.95. The first-order valence-electron chi connectivity index (χ1n) is 11.5. The predicted molar refractivity (Wildman–Crippen MR) is 136 cm³/mol. The first-order valence-corrected chi connectivity index (χ1v) is 11.5. The molecule has 0 fully saturated rings. The van der Waals surface area contributed by atoms with Crippen LogP contribution in [0.4, 0.5) is 0 Å². The third-order valence-electron chi connectivity index (χ3n) is 6.24. The van der Waals surface area contributed by atoms with Gasteiger partial charge in [0.2, 0.25) is 0 Å². The Morgan fingerprint density at radius 2 is 1.68 bits per heavy atom. The molecule has 0 amide bonds. The number of likely N-dealkylation sites (N-methyl/N-ethyl adjacent to an activating group) is 1. The van der Waals surface area contributed by atoms with Crippen LogP contribution in [0.15, 0.2) is 78.2 Å². The highest BCUT2D eigenvalue weighted by atomic mass is 16.5. The maximum Gasteiger partial charge on any atom is 0.119 e. The molecule has 2 aromatic heterocycles. The molecule has 0 atom stereocenters. The number of pyridine rings is 1. The highest BCUT2D eigenvalue weighted by molar-refractivity contribution is 6.04. The molecule has 2 aromatic carbocycles. The molecule has 0 saturated heterocycles. The number of benzene rings is 2. The molecule has 0 saturated carbocycles. The van der Waals surface area contributed by atoms with Gasteiger partial charge in [-0.3, -0.25) is 4.98 Å². The Morgan fingerprint density at radius 1 is 0.912 bits per heavy atom. The summed E-state index contributed by atoms with van der Waals surface area (Å²) in [7, 11) is 4.08. The van der Waals surface area contributed by atoms with Gasteiger partial charge in [0.15, 0.2) is 0 Å². The Hall–Kier alpha value is -3.90. The number of oxime groups is 1. The van der Waals surface area contributed by atoms with E-state index in [-0.39, 0.29) is 0 Å². The zero-order chi connectivity index (χ0) is 23.5. The minimum Gasteiger partial charge on any atom is -0.492 e. The number of ether oxygens (including phenoxy) is 1. The van der Waals surface area contributed by atoms with Gasteiger partial charge in [-0.2, -0.15) is 0 Å². The van der Waals surface area contributed by atoms with Crippen LogP contribution in [0.2, 0.25) is 0 Å². The highest BCUT2D eigenvalue weighted by Gasteiger charge is 2.20. The summed E-state index contributed by atoms with van der Waals surface area (Å²) < 4.78 is 5.85. The first kappa shape index (κ1) is 21.9. The second-order valence-electron chi connectivity index (χ2n) is 8.80. The molecular formula is C28H28N4O2. The van der Waals surface area contributed by atoms with Gasteiger partial charge in [-0.05, 0) is 97.7 Å². The Kier molecular flexibility index (Phi) is 6.14. The Balaban J connectivity index is 1.50. The molecule has 6 heteroatoms. The van der Waals surface area contributed by atoms with Gasteiger partial charge in [-0.1, -0.05) is 17.3 Å². The Bertz CT molecular complexity index is 1310. The van der Waals surface area contributed by atoms with Crippen molar-refractivity contribution in [1.29, 1.82) is 0 Å². The molecule has 34 heavy (non-hydrogen) atoms. The number of hydrogen-bond acceptors (Lipinski definition) is 5. The van der Waals surface area contributed by atoms with Gasteiger partial charge in [0.05, 0.1) is 11.4 Å². The van der Waals surface area contributed by atoms with Gasteiger partial charge in [0.25, 0.3) is 0 Å². The molecule has 1 aliphatic carbocycles. The van der Waals surface area contributed by atoms with Gasteiger partial charge in [-0.25, -0.2) is 0 Å². The average Bonchev–Trinajstić information content (AvgIpc) is 3.49. The summed E-state index contributed by atoms with van der Waals surface area (Å²) in [6, 6.07) is 20.8. The molecule has 2 N–H and O–H groups in total. The van der Waals surface area contributed by atoms with Crippen LogP contribution < -0.4 is 4.74 Å². The second-order valence-corrected chi connectivity index (χ2v) is 8.80. The third kappa shape index (κ3) is 4.45. The van der Waals surface area contributed by atoms with Crippen LogP contribution in [0, 0.1) is 0 Å². The van der Waals surface area contributed by atoms with Gasteiger partial charge >= 0.3 is 0 Å². The van der Waals surface area contributed by atoms with Crippen molar-refractivity contribution < 1.29 is 9.94 Å². The fraction of sp³-hybridized carbons (Fsp3) is 0.214. The van der Waals surface area contributed by atoms with E-state index < -0.39 is 0 Å². The van der Waals surface area contributed by atoms with E-state index in [2.05, 4.69) is 56.4 Å². The molecular weight excluding hydrogens is 424 g/mol. The normalized spacial score (nSPS) is 14.0. The topological polar surface area (TPSA) is 73.7 Å². The fourth-order valence-electron chi connectivity index (χ4n) is 4.40. The van der Waals surface area contributed by atoms with E-state index in [1.807, 2.05) is 50.8 Å². The smallest absolute Gasteiger partial charge is 0.119 e. The quantitative estimate of drug-likeness (QED) is 0.288. The first-order chi connectivity index (χ1) is 16.6. The lowest BCUT2D eigenvalue weighted by Crippen LogP contribution is -2.19. The fourth-order valence-corrected chi connectivity index (χ4v) is 4.40. The summed E-state index contributed by atoms with van der Waals surface area (Å²) in [5.74, 6) is 0.867. The van der Waals surface area contributed by atoms with E-state index in [0.717, 1.165) is 70.1 Å². The molecule has 0 aliphatic heterocycles. The Morgan fingerprint density at radius 3 is 2.41 bits per heavy atom. The van der Waals surface area contributed by atoms with Crippen molar-refractivity contribution in [2.45, 2.75) is 12.8 Å². The van der Waals surface area contributed by atoms with Crippen LogP contribution in [-0.2, 0) is 6.42 Å². The molecule has 5 rings (SSSR count). The van der Waals surface area contributed by atoms with Crippen molar-refractivity contribution in [3.63, 3.8) is 0 Å². The van der Waals surface area contributed by atoms with Crippen LogP contribution in [0.3, 0.4) is 0 Å². The number of aromatic amines is 1. The van der Waals surface area contributed by atoms with E-state index in [9.17, 15) is 5.21 Å². The minimum atomic E-state index is 0.659. The SMILES string of the molecule is CN(C)CCOc1ccc(-c2cc(-c3ccncc3)c(-c3ccc4c(c3)CC/C4=N\O)[nH]2)cc1. The number of nitrogens with one attached hydrogen (secondary N) is 1. The molecule has 4 aromatic rings. The number of rotatable bonds is 7. The van der Waals surface area contributed by atoms with Crippen molar-refractivity contribution in [3.8, 4) is 39.4 Å². The predicted octanol–water partition coefficient (Wildman–Crippen LogP) is 5.48. The minimum absolute atomic E-state index is 0.659. The standard InChI is InChI=1S/C28H28N4O2/c1-32(2)15-16-34-23-7-3-20(4-8-23)27-18-25(19-11-13-29-14-12-19)28(30-27)22-5-9-24-21(17-22)6-10-26(24)31-33/h3-5,7-9,11-14,17-18,30,33H,6,10,15-16H2,1-2H3/b31-26+. The lowest BCUT2D eigenvalue weighted by molar-refractivity contribution is 0.261. The lowest BCUT2D eigenvalue weighted by atomic mass is 9.99. The number of fused-ring (bicyclic) bond motifs is 1. The van der Waals surface area contributed by atoms with Crippen molar-refractivity contribution in [2.24, 2.45) is 5.16 Å². The Labute approximate surface area is 199 Å². The van der Waals surface area contributed by atoms with Crippen LogP contribution in [-0.4, -0.2) is 53.0 Å². The molecule has 0 radical (unpaired) electrons. The van der Waals surface area contributed by atoms with Crippen LogP contribution in [0.1, 0.15) is 17.5 Å². The summed E-state index contributed by atoms with van der Waals surface area (Å²) in [6.45, 7) is 1.54. The molecule has 2 heterocycles. The monoisotopic (exact) mass is 452 g/mol. The number of nitrogens with zero attached hydrogens (tertiary/aromatic N) is 3. The number of aromatic nitrogens is 2. The van der Waals surface area contributed by atoms with Crippen LogP contribution in [0.25, 0.3) is 33.6 Å². The van der Waals surface area contributed by atoms with Crippen LogP contribution in [0.5, 0.6) is 5.75 Å². The summed E-state index contributed by atoms with van der Waals surface area (Å²) >= 11 is 0. The van der Waals surface area contributed by atoms with Crippen molar-refractivity contribution in [2.75, 3.05) is 27.2 Å². The molecule has 6 nitrogen and oxygen atoms in total. The molecule has 0 spiro atoms. The summed E-state index contributed by atoms with van der Waals surface area (Å²) in [6.07, 6.45) is 5.29. The largest absolute Gasteiger partial charge is 0.492 e. The zero-order valence-electron chi connectivity index (χ0n) is 19.5. The molecule has 172 valence electrons. The average molecular weight is 453 g/mol. The van der Waals surface area contributed by atoms with Crippen molar-refractivity contribution in [3.05, 3.63) is 84.2 Å². The van der Waals surface area contributed by atoms with Crippen molar-refractivity contribution in [1.82, 2.24) is 14.9 Å². The van der Waals surface area contributed by atoms with E-state index in [1.54, 1.807) is 0 Å². The van der Waals surface area contributed by atoms with E-state index >= 15 is 0 Å². The van der Waals surface area contributed by atoms with Crippen LogP contribution >= 0.6 is 0 Å². The second kappa shape index (κ2) is 9.53. The highest BCUT2D eigenvalue weighted by Crippen LogP contribution is 2.37. The third-order valence-corrected chi connectivity index (χ3v) is 6.24. The van der Waals surface area contributed by atoms with E-state index in [1.165, 1.54) is 5.56 Å². The summed E-state index contributed by atoms with van der Waals surface area (Å²) in [5, 5.41) is 12.7. The molecule has 0 bridgehead atoms. The number of hydrogen-bond donors (Lipinski definition) is 2. The van der Waals surface area contributed by atoms with Gasteiger partial charge in [0, 0.05) is 35.8 Å². The van der Waals surface area contributed by atoms with Gasteiger partial charge < -0.3 is 19.8 Å². The maximum atomic E-state index is 9.28. The maximum absolute atomic E-state index is 9.28. The summed E-state index contributed by atoms with van der Waals surface area (Å²) in [5.41, 5.74) is 9.54. The number of aryl methyl sites for hydroxylation is 1. The lowest BCUT2D eigenvalue weighted by Gasteiger charge is -2.11. The zero-order valence-corrected chi connectivity index (χ0v) is 19.5. The number of H-pyrrole nitrogens is 1. The van der Waals surface area contributed by atoms with Gasteiger partial charge in [-0.15, -0.1) is 0 Å². The van der Waals surface area contributed by atoms with E-state index in [4.69, 9.17) is 4.74 Å². The van der Waals surface area contributed by atoms with Crippen molar-refractivity contribution >= 4 is 5.71 Å². The molecule has 0 unspecified atom stereocenters. The van der Waals surface area contributed by atoms with E-state index in [0.29, 0.717) is 6.61 Å². The molecule has 1 aliphatic rings.